The predicted molar refractivity (Wildman–Crippen MR) is 76.9 cm³/mol. The van der Waals surface area contributed by atoms with Gasteiger partial charge in [0.1, 0.15) is 17.5 Å². The molecule has 0 radical (unpaired) electrons. The average Bonchev–Trinajstić information content (AvgIpc) is 2.24. The largest absolute Gasteiger partial charge is 0.370 e. The topological polar surface area (TPSA) is 75.9 Å². The van der Waals surface area contributed by atoms with Crippen LogP contribution in [0.2, 0.25) is 0 Å². The fraction of sp³-hybridized carbons (Fsp3) is 0.692. The van der Waals surface area contributed by atoms with Crippen LogP contribution in [-0.2, 0) is 0 Å². The van der Waals surface area contributed by atoms with Crippen molar-refractivity contribution in [1.82, 2.24) is 9.97 Å². The van der Waals surface area contributed by atoms with Gasteiger partial charge in [0.2, 0.25) is 0 Å². The Morgan fingerprint density at radius 3 is 2.17 bits per heavy atom. The first-order chi connectivity index (χ1) is 8.40. The molecule has 0 amide bonds. The molecule has 0 saturated carbocycles. The monoisotopic (exact) mass is 251 g/mol. The second kappa shape index (κ2) is 6.54. The molecule has 5 heteroatoms. The standard InChI is InChI=1S/C13H25N5/c1-10-17-11(15-7-5-13(2,3)4)9-12(18-10)16-8-6-14/h9H,5-8,14H2,1-4H3,(H2,15,16,17,18). The first-order valence-electron chi connectivity index (χ1n) is 6.44. The van der Waals surface area contributed by atoms with Gasteiger partial charge in [0.05, 0.1) is 0 Å². The van der Waals surface area contributed by atoms with Gasteiger partial charge in [-0.1, -0.05) is 20.8 Å². The van der Waals surface area contributed by atoms with Crippen LogP contribution in [0.4, 0.5) is 11.6 Å². The maximum absolute atomic E-state index is 5.46. The van der Waals surface area contributed by atoms with Crippen molar-refractivity contribution in [3.8, 4) is 0 Å². The van der Waals surface area contributed by atoms with Crippen molar-refractivity contribution in [3.63, 3.8) is 0 Å². The summed E-state index contributed by atoms with van der Waals surface area (Å²) in [5, 5.41) is 6.50. The summed E-state index contributed by atoms with van der Waals surface area (Å²) in [4.78, 5) is 8.68. The van der Waals surface area contributed by atoms with Gasteiger partial charge < -0.3 is 16.4 Å². The number of aryl methyl sites for hydroxylation is 1. The molecule has 0 aromatic carbocycles. The normalized spacial score (nSPS) is 11.4. The number of nitrogens with one attached hydrogen (secondary N) is 2. The van der Waals surface area contributed by atoms with Crippen molar-refractivity contribution < 1.29 is 0 Å². The Morgan fingerprint density at radius 2 is 1.67 bits per heavy atom. The molecule has 0 aliphatic rings. The van der Waals surface area contributed by atoms with Crippen molar-refractivity contribution >= 4 is 11.6 Å². The molecule has 102 valence electrons. The van der Waals surface area contributed by atoms with Crippen molar-refractivity contribution in [2.75, 3.05) is 30.3 Å². The highest BCUT2D eigenvalue weighted by Crippen LogP contribution is 2.18. The molecule has 4 N–H and O–H groups in total. The summed E-state index contributed by atoms with van der Waals surface area (Å²) in [7, 11) is 0. The van der Waals surface area contributed by atoms with E-state index >= 15 is 0 Å². The maximum atomic E-state index is 5.46. The molecule has 1 aromatic rings. The van der Waals surface area contributed by atoms with Crippen LogP contribution >= 0.6 is 0 Å². The predicted octanol–water partition coefficient (Wildman–Crippen LogP) is 2.00. The minimum Gasteiger partial charge on any atom is -0.370 e. The van der Waals surface area contributed by atoms with E-state index in [4.69, 9.17) is 5.73 Å². The summed E-state index contributed by atoms with van der Waals surface area (Å²) in [6, 6.07) is 1.92. The van der Waals surface area contributed by atoms with Gasteiger partial charge in [0, 0.05) is 25.7 Å². The lowest BCUT2D eigenvalue weighted by Crippen LogP contribution is -2.16. The minimum absolute atomic E-state index is 0.329. The van der Waals surface area contributed by atoms with E-state index in [0.717, 1.165) is 37.0 Å². The molecule has 0 spiro atoms. The van der Waals surface area contributed by atoms with E-state index in [1.54, 1.807) is 0 Å². The summed E-state index contributed by atoms with van der Waals surface area (Å²) in [5.41, 5.74) is 5.79. The lowest BCUT2D eigenvalue weighted by molar-refractivity contribution is 0.389. The van der Waals surface area contributed by atoms with Crippen molar-refractivity contribution in [3.05, 3.63) is 11.9 Å². The second-order valence-electron chi connectivity index (χ2n) is 5.64. The Bertz CT molecular complexity index is 370. The zero-order chi connectivity index (χ0) is 13.6. The van der Waals surface area contributed by atoms with Gasteiger partial charge in [0.25, 0.3) is 0 Å². The molecule has 0 unspecified atom stereocenters. The molecule has 0 aliphatic heterocycles. The first-order valence-corrected chi connectivity index (χ1v) is 6.44. The van der Waals surface area contributed by atoms with Crippen molar-refractivity contribution in [2.45, 2.75) is 34.1 Å². The minimum atomic E-state index is 0.329. The SMILES string of the molecule is Cc1nc(NCCN)cc(NCCC(C)(C)C)n1. The fourth-order valence-corrected chi connectivity index (χ4v) is 1.51. The molecule has 1 heterocycles. The molecule has 0 bridgehead atoms. The van der Waals surface area contributed by atoms with E-state index in [1.165, 1.54) is 0 Å². The van der Waals surface area contributed by atoms with Crippen LogP contribution in [0.3, 0.4) is 0 Å². The summed E-state index contributed by atoms with van der Waals surface area (Å²) in [6.45, 7) is 10.8. The third kappa shape index (κ3) is 5.82. The number of hydrogen-bond acceptors (Lipinski definition) is 5. The maximum Gasteiger partial charge on any atom is 0.131 e. The number of anilines is 2. The Kier molecular flexibility index (Phi) is 5.34. The van der Waals surface area contributed by atoms with Gasteiger partial charge in [0.15, 0.2) is 0 Å². The molecule has 0 saturated heterocycles. The van der Waals surface area contributed by atoms with Gasteiger partial charge in [-0.05, 0) is 18.8 Å². The molecule has 5 nitrogen and oxygen atoms in total. The molecule has 0 fully saturated rings. The zero-order valence-electron chi connectivity index (χ0n) is 11.9. The lowest BCUT2D eigenvalue weighted by atomic mass is 9.92. The molecular weight excluding hydrogens is 226 g/mol. The van der Waals surface area contributed by atoms with E-state index in [1.807, 2.05) is 13.0 Å². The average molecular weight is 251 g/mol. The smallest absolute Gasteiger partial charge is 0.131 e. The number of hydrogen-bond donors (Lipinski definition) is 3. The van der Waals surface area contributed by atoms with Gasteiger partial charge in [-0.25, -0.2) is 9.97 Å². The summed E-state index contributed by atoms with van der Waals surface area (Å²) in [6.07, 6.45) is 1.10. The Hall–Kier alpha value is -1.36. The van der Waals surface area contributed by atoms with Gasteiger partial charge in [-0.15, -0.1) is 0 Å². The van der Waals surface area contributed by atoms with Crippen LogP contribution in [0.5, 0.6) is 0 Å². The number of aromatic nitrogens is 2. The van der Waals surface area contributed by atoms with Gasteiger partial charge in [-0.3, -0.25) is 0 Å². The summed E-state index contributed by atoms with van der Waals surface area (Å²) in [5.74, 6) is 2.45. The van der Waals surface area contributed by atoms with E-state index in [2.05, 4.69) is 41.4 Å². The van der Waals surface area contributed by atoms with Crippen LogP contribution in [0.1, 0.15) is 33.0 Å². The Balaban J connectivity index is 2.57. The molecule has 1 rings (SSSR count). The van der Waals surface area contributed by atoms with Crippen LogP contribution < -0.4 is 16.4 Å². The number of nitrogens with two attached hydrogens (primary N) is 1. The van der Waals surface area contributed by atoms with E-state index < -0.39 is 0 Å². The first kappa shape index (κ1) is 14.7. The van der Waals surface area contributed by atoms with Crippen LogP contribution in [-0.4, -0.2) is 29.6 Å². The lowest BCUT2D eigenvalue weighted by Gasteiger charge is -2.18. The van der Waals surface area contributed by atoms with Gasteiger partial charge in [-0.2, -0.15) is 0 Å². The highest BCUT2D eigenvalue weighted by atomic mass is 15.1. The van der Waals surface area contributed by atoms with E-state index in [-0.39, 0.29) is 0 Å². The molecular formula is C13H25N5. The Labute approximate surface area is 110 Å². The highest BCUT2D eigenvalue weighted by molar-refractivity contribution is 5.47. The van der Waals surface area contributed by atoms with Crippen molar-refractivity contribution in [2.24, 2.45) is 11.1 Å². The van der Waals surface area contributed by atoms with E-state index in [9.17, 15) is 0 Å². The van der Waals surface area contributed by atoms with E-state index in [0.29, 0.717) is 12.0 Å². The number of rotatable bonds is 6. The third-order valence-electron chi connectivity index (χ3n) is 2.47. The third-order valence-corrected chi connectivity index (χ3v) is 2.47. The zero-order valence-corrected chi connectivity index (χ0v) is 11.9. The fourth-order valence-electron chi connectivity index (χ4n) is 1.51. The molecule has 1 aromatic heterocycles. The molecule has 0 atom stereocenters. The summed E-state index contributed by atoms with van der Waals surface area (Å²) >= 11 is 0. The van der Waals surface area contributed by atoms with Crippen molar-refractivity contribution in [1.29, 1.82) is 0 Å². The second-order valence-corrected chi connectivity index (χ2v) is 5.64. The number of nitrogens with zero attached hydrogens (tertiary/aromatic N) is 2. The van der Waals surface area contributed by atoms with Gasteiger partial charge >= 0.3 is 0 Å². The van der Waals surface area contributed by atoms with Crippen LogP contribution in [0.15, 0.2) is 6.07 Å². The molecule has 18 heavy (non-hydrogen) atoms. The quantitative estimate of drug-likeness (QED) is 0.721. The Morgan fingerprint density at radius 1 is 1.11 bits per heavy atom. The highest BCUT2D eigenvalue weighted by Gasteiger charge is 2.09. The van der Waals surface area contributed by atoms with Crippen LogP contribution in [0.25, 0.3) is 0 Å². The summed E-state index contributed by atoms with van der Waals surface area (Å²) < 4.78 is 0. The van der Waals surface area contributed by atoms with Crippen LogP contribution in [0, 0.1) is 12.3 Å². The molecule has 0 aliphatic carbocycles.